The van der Waals surface area contributed by atoms with Crippen LogP contribution in [0.15, 0.2) is 65.0 Å². The molecule has 1 aliphatic carbocycles. The number of dihydropyridines is 1. The third-order valence-corrected chi connectivity index (χ3v) is 6.56. The molecule has 2 aromatic carbocycles. The summed E-state index contributed by atoms with van der Waals surface area (Å²) in [5.41, 5.74) is 4.37. The maximum absolute atomic E-state index is 13.6. The van der Waals surface area contributed by atoms with Gasteiger partial charge in [-0.1, -0.05) is 18.2 Å². The number of rotatable bonds is 6. The fourth-order valence-electron chi connectivity index (χ4n) is 4.90. The highest BCUT2D eigenvalue weighted by atomic mass is 16.5. The Hall–Kier alpha value is -3.74. The number of ether oxygens (including phenoxy) is 4. The van der Waals surface area contributed by atoms with Gasteiger partial charge in [0.2, 0.25) is 0 Å². The number of methoxy groups -OCH3 is 4. The van der Waals surface area contributed by atoms with Crippen molar-refractivity contribution in [2.45, 2.75) is 31.6 Å². The molecule has 0 saturated heterocycles. The summed E-state index contributed by atoms with van der Waals surface area (Å²) in [5, 5.41) is 3.34. The molecule has 1 aliphatic heterocycles. The molecule has 0 spiro atoms. The van der Waals surface area contributed by atoms with Gasteiger partial charge in [0.1, 0.15) is 5.75 Å². The van der Waals surface area contributed by atoms with Crippen LogP contribution in [-0.2, 0) is 14.3 Å². The number of carbonyl (C=O) groups excluding carboxylic acids is 2. The standard InChI is InChI=1S/C27H29NO6/c1-15-24(27(30)34-5)25(17-8-11-22(32-3)23(14-17)33-4)26-20(28-15)12-18(13-21(26)29)16-6-9-19(31-2)10-7-16/h6-11,14,18,25,28H,12-13H2,1-5H3/t18-,25+/m0/s1. The van der Waals surface area contributed by atoms with E-state index in [1.807, 2.05) is 43.3 Å². The van der Waals surface area contributed by atoms with Crippen molar-refractivity contribution in [3.05, 3.63) is 76.1 Å². The number of Topliss-reactive ketones (excluding diaryl/α,β-unsaturated/α-hetero) is 1. The molecular formula is C27H29NO6. The first-order valence-electron chi connectivity index (χ1n) is 11.1. The highest BCUT2D eigenvalue weighted by Crippen LogP contribution is 2.47. The minimum absolute atomic E-state index is 0.00301. The quantitative estimate of drug-likeness (QED) is 0.642. The summed E-state index contributed by atoms with van der Waals surface area (Å²) in [4.78, 5) is 26.5. The average molecular weight is 464 g/mol. The van der Waals surface area contributed by atoms with E-state index in [1.54, 1.807) is 27.4 Å². The summed E-state index contributed by atoms with van der Waals surface area (Å²) in [6, 6.07) is 13.3. The number of ketones is 1. The molecule has 7 heteroatoms. The van der Waals surface area contributed by atoms with Gasteiger partial charge in [0.15, 0.2) is 17.3 Å². The van der Waals surface area contributed by atoms with Crippen molar-refractivity contribution >= 4 is 11.8 Å². The molecule has 2 atom stereocenters. The van der Waals surface area contributed by atoms with Crippen LogP contribution in [0.5, 0.6) is 17.2 Å². The van der Waals surface area contributed by atoms with Crippen molar-refractivity contribution in [3.63, 3.8) is 0 Å². The van der Waals surface area contributed by atoms with Crippen molar-refractivity contribution in [1.82, 2.24) is 5.32 Å². The van der Waals surface area contributed by atoms with Crippen LogP contribution in [0.25, 0.3) is 0 Å². The number of benzene rings is 2. The largest absolute Gasteiger partial charge is 0.497 e. The average Bonchev–Trinajstić information content (AvgIpc) is 2.86. The topological polar surface area (TPSA) is 83.1 Å². The number of nitrogens with one attached hydrogen (secondary N) is 1. The van der Waals surface area contributed by atoms with Crippen LogP contribution >= 0.6 is 0 Å². The van der Waals surface area contributed by atoms with Gasteiger partial charge in [-0.3, -0.25) is 4.79 Å². The summed E-state index contributed by atoms with van der Waals surface area (Å²) in [5.74, 6) is 0.878. The van der Waals surface area contributed by atoms with Gasteiger partial charge < -0.3 is 24.3 Å². The highest BCUT2D eigenvalue weighted by Gasteiger charge is 2.41. The van der Waals surface area contributed by atoms with Gasteiger partial charge in [0.05, 0.1) is 34.0 Å². The maximum Gasteiger partial charge on any atom is 0.336 e. The van der Waals surface area contributed by atoms with Crippen LogP contribution in [0.4, 0.5) is 0 Å². The van der Waals surface area contributed by atoms with Gasteiger partial charge in [0.25, 0.3) is 0 Å². The molecule has 0 fully saturated rings. The van der Waals surface area contributed by atoms with Crippen molar-refractivity contribution < 1.29 is 28.5 Å². The summed E-state index contributed by atoms with van der Waals surface area (Å²) >= 11 is 0. The third kappa shape index (κ3) is 4.14. The molecule has 2 aliphatic rings. The second-order valence-electron chi connectivity index (χ2n) is 8.40. The van der Waals surface area contributed by atoms with Crippen LogP contribution in [-0.4, -0.2) is 40.2 Å². The molecule has 34 heavy (non-hydrogen) atoms. The van der Waals surface area contributed by atoms with Gasteiger partial charge in [-0.05, 0) is 54.7 Å². The zero-order chi connectivity index (χ0) is 24.4. The Morgan fingerprint density at radius 3 is 2.18 bits per heavy atom. The molecule has 0 radical (unpaired) electrons. The maximum atomic E-state index is 13.6. The Labute approximate surface area is 199 Å². The normalized spacial score (nSPS) is 19.9. The molecule has 0 amide bonds. The Kier molecular flexibility index (Phi) is 6.63. The van der Waals surface area contributed by atoms with E-state index in [0.29, 0.717) is 41.2 Å². The van der Waals surface area contributed by atoms with Crippen LogP contribution in [0.2, 0.25) is 0 Å². The fourth-order valence-corrected chi connectivity index (χ4v) is 4.90. The number of hydrogen-bond donors (Lipinski definition) is 1. The lowest BCUT2D eigenvalue weighted by Gasteiger charge is -2.36. The Balaban J connectivity index is 1.80. The molecule has 0 unspecified atom stereocenters. The van der Waals surface area contributed by atoms with Crippen molar-refractivity contribution in [2.75, 3.05) is 28.4 Å². The zero-order valence-electron chi connectivity index (χ0n) is 20.1. The molecule has 1 N–H and O–H groups in total. The number of allylic oxidation sites excluding steroid dienone is 3. The van der Waals surface area contributed by atoms with E-state index < -0.39 is 11.9 Å². The minimum atomic E-state index is -0.562. The minimum Gasteiger partial charge on any atom is -0.497 e. The van der Waals surface area contributed by atoms with Gasteiger partial charge in [-0.2, -0.15) is 0 Å². The van der Waals surface area contributed by atoms with E-state index in [2.05, 4.69) is 5.32 Å². The van der Waals surface area contributed by atoms with E-state index in [4.69, 9.17) is 18.9 Å². The first kappa shape index (κ1) is 23.4. The Morgan fingerprint density at radius 2 is 1.56 bits per heavy atom. The first-order valence-corrected chi connectivity index (χ1v) is 11.1. The summed E-state index contributed by atoms with van der Waals surface area (Å²) in [6.45, 7) is 1.84. The molecule has 4 rings (SSSR count). The summed E-state index contributed by atoms with van der Waals surface area (Å²) in [7, 11) is 6.10. The van der Waals surface area contributed by atoms with E-state index in [9.17, 15) is 9.59 Å². The van der Waals surface area contributed by atoms with E-state index in [0.717, 1.165) is 22.6 Å². The summed E-state index contributed by atoms with van der Waals surface area (Å²) in [6.07, 6.45) is 1.01. The molecule has 178 valence electrons. The molecular weight excluding hydrogens is 434 g/mol. The zero-order valence-corrected chi connectivity index (χ0v) is 20.1. The highest BCUT2D eigenvalue weighted by molar-refractivity contribution is 6.04. The molecule has 0 saturated carbocycles. The predicted octanol–water partition coefficient (Wildman–Crippen LogP) is 4.25. The molecule has 1 heterocycles. The smallest absolute Gasteiger partial charge is 0.336 e. The number of carbonyl (C=O) groups is 2. The van der Waals surface area contributed by atoms with Gasteiger partial charge in [-0.15, -0.1) is 0 Å². The Bertz CT molecular complexity index is 1180. The SMILES string of the molecule is COC(=O)C1=C(C)NC2=C(C(=O)C[C@@H](c3ccc(OC)cc3)C2)[C@@H]1c1ccc(OC)c(OC)c1. The lowest BCUT2D eigenvalue weighted by atomic mass is 9.71. The second kappa shape index (κ2) is 9.63. The molecule has 0 bridgehead atoms. The first-order chi connectivity index (χ1) is 16.4. The number of esters is 1. The van der Waals surface area contributed by atoms with Crippen LogP contribution in [0, 0.1) is 0 Å². The fraction of sp³-hybridized carbons (Fsp3) is 0.333. The van der Waals surface area contributed by atoms with Crippen molar-refractivity contribution in [2.24, 2.45) is 0 Å². The van der Waals surface area contributed by atoms with E-state index in [-0.39, 0.29) is 11.7 Å². The summed E-state index contributed by atoms with van der Waals surface area (Å²) < 4.78 is 21.2. The second-order valence-corrected chi connectivity index (χ2v) is 8.40. The predicted molar refractivity (Wildman–Crippen MR) is 127 cm³/mol. The van der Waals surface area contributed by atoms with Crippen LogP contribution in [0.1, 0.15) is 42.7 Å². The van der Waals surface area contributed by atoms with Gasteiger partial charge in [0, 0.05) is 29.3 Å². The van der Waals surface area contributed by atoms with Crippen LogP contribution < -0.4 is 19.5 Å². The van der Waals surface area contributed by atoms with E-state index in [1.165, 1.54) is 7.11 Å². The lowest BCUT2D eigenvalue weighted by molar-refractivity contribution is -0.136. The molecule has 0 aromatic heterocycles. The van der Waals surface area contributed by atoms with Gasteiger partial charge in [-0.25, -0.2) is 4.79 Å². The monoisotopic (exact) mass is 463 g/mol. The van der Waals surface area contributed by atoms with Crippen molar-refractivity contribution in [3.8, 4) is 17.2 Å². The van der Waals surface area contributed by atoms with Crippen LogP contribution in [0.3, 0.4) is 0 Å². The van der Waals surface area contributed by atoms with Gasteiger partial charge >= 0.3 is 5.97 Å². The third-order valence-electron chi connectivity index (χ3n) is 6.56. The molecule has 7 nitrogen and oxygen atoms in total. The Morgan fingerprint density at radius 1 is 0.882 bits per heavy atom. The van der Waals surface area contributed by atoms with Crippen molar-refractivity contribution in [1.29, 1.82) is 0 Å². The molecule has 2 aromatic rings. The van der Waals surface area contributed by atoms with E-state index >= 15 is 0 Å². The number of hydrogen-bond acceptors (Lipinski definition) is 7. The lowest BCUT2D eigenvalue weighted by Crippen LogP contribution is -2.36.